The molecule has 0 heterocycles. The number of amides is 1. The van der Waals surface area contributed by atoms with Gasteiger partial charge in [0, 0.05) is 17.9 Å². The van der Waals surface area contributed by atoms with Crippen molar-refractivity contribution in [1.82, 2.24) is 5.32 Å². The largest absolute Gasteiger partial charge is 0.494 e. The van der Waals surface area contributed by atoms with Crippen molar-refractivity contribution in [2.45, 2.75) is 6.92 Å². The minimum absolute atomic E-state index is 0.117. The standard InChI is InChI=1S/C17H19N3O2S/c1-2-22-16-9-7-15(8-10-16)20-19-14-5-3-13(4-6-14)17(21)18-11-12-23/h3-10,23H,2,11-12H2,1H3,(H,18,21). The lowest BCUT2D eigenvalue weighted by Crippen LogP contribution is -2.25. The number of ether oxygens (including phenoxy) is 1. The van der Waals surface area contributed by atoms with Gasteiger partial charge in [-0.1, -0.05) is 0 Å². The highest BCUT2D eigenvalue weighted by atomic mass is 32.1. The fourth-order valence-electron chi connectivity index (χ4n) is 1.84. The number of hydrogen-bond acceptors (Lipinski definition) is 5. The summed E-state index contributed by atoms with van der Waals surface area (Å²) in [4.78, 5) is 11.8. The second-order valence-corrected chi connectivity index (χ2v) is 5.10. The van der Waals surface area contributed by atoms with E-state index in [1.807, 2.05) is 31.2 Å². The van der Waals surface area contributed by atoms with Crippen molar-refractivity contribution in [3.8, 4) is 5.75 Å². The summed E-state index contributed by atoms with van der Waals surface area (Å²) >= 11 is 4.05. The molecule has 5 nitrogen and oxygen atoms in total. The van der Waals surface area contributed by atoms with E-state index in [1.165, 1.54) is 0 Å². The predicted octanol–water partition coefficient (Wildman–Crippen LogP) is 4.16. The lowest BCUT2D eigenvalue weighted by Gasteiger charge is -2.03. The molecular weight excluding hydrogens is 310 g/mol. The van der Waals surface area contributed by atoms with E-state index in [0.717, 1.165) is 11.4 Å². The Balaban J connectivity index is 1.98. The van der Waals surface area contributed by atoms with E-state index in [1.54, 1.807) is 24.3 Å². The molecule has 2 aromatic rings. The van der Waals surface area contributed by atoms with E-state index >= 15 is 0 Å². The molecule has 0 bridgehead atoms. The Hall–Kier alpha value is -2.34. The minimum atomic E-state index is -0.117. The van der Waals surface area contributed by atoms with Crippen LogP contribution in [0.15, 0.2) is 58.8 Å². The lowest BCUT2D eigenvalue weighted by molar-refractivity contribution is 0.0956. The fourth-order valence-corrected chi connectivity index (χ4v) is 1.95. The SMILES string of the molecule is CCOc1ccc(N=Nc2ccc(C(=O)NCCS)cc2)cc1. The first-order valence-electron chi connectivity index (χ1n) is 7.36. The highest BCUT2D eigenvalue weighted by molar-refractivity contribution is 7.80. The highest BCUT2D eigenvalue weighted by Crippen LogP contribution is 2.21. The normalized spacial score (nSPS) is 10.7. The van der Waals surface area contributed by atoms with Gasteiger partial charge in [-0.3, -0.25) is 4.79 Å². The molecule has 23 heavy (non-hydrogen) atoms. The third-order valence-electron chi connectivity index (χ3n) is 2.96. The van der Waals surface area contributed by atoms with Crippen LogP contribution in [0.4, 0.5) is 11.4 Å². The molecule has 0 aliphatic heterocycles. The summed E-state index contributed by atoms with van der Waals surface area (Å²) in [6.45, 7) is 3.12. The number of nitrogens with zero attached hydrogens (tertiary/aromatic N) is 2. The molecule has 0 aromatic heterocycles. The Bertz CT molecular complexity index is 655. The van der Waals surface area contributed by atoms with Gasteiger partial charge in [0.1, 0.15) is 5.75 Å². The third-order valence-corrected chi connectivity index (χ3v) is 3.18. The van der Waals surface area contributed by atoms with E-state index in [2.05, 4.69) is 28.2 Å². The van der Waals surface area contributed by atoms with Crippen molar-refractivity contribution in [3.05, 3.63) is 54.1 Å². The molecule has 120 valence electrons. The molecule has 0 unspecified atom stereocenters. The summed E-state index contributed by atoms with van der Waals surface area (Å²) in [5.74, 6) is 1.30. The van der Waals surface area contributed by atoms with E-state index in [9.17, 15) is 4.79 Å². The number of rotatable bonds is 7. The van der Waals surface area contributed by atoms with Crippen LogP contribution in [-0.2, 0) is 0 Å². The number of thiol groups is 1. The molecule has 0 fully saturated rings. The second-order valence-electron chi connectivity index (χ2n) is 4.65. The van der Waals surface area contributed by atoms with Crippen LogP contribution in [-0.4, -0.2) is 24.8 Å². The van der Waals surface area contributed by atoms with Crippen LogP contribution in [0, 0.1) is 0 Å². The molecule has 6 heteroatoms. The molecule has 2 aromatic carbocycles. The lowest BCUT2D eigenvalue weighted by atomic mass is 10.2. The molecule has 0 saturated carbocycles. The summed E-state index contributed by atoms with van der Waals surface area (Å²) in [6, 6.07) is 14.4. The molecule has 0 aliphatic carbocycles. The first kappa shape index (κ1) is 17.0. The Morgan fingerprint density at radius 2 is 1.61 bits per heavy atom. The van der Waals surface area contributed by atoms with Crippen LogP contribution in [0.1, 0.15) is 17.3 Å². The number of benzene rings is 2. The maximum atomic E-state index is 11.8. The predicted molar refractivity (Wildman–Crippen MR) is 94.4 cm³/mol. The number of hydrogen-bond donors (Lipinski definition) is 2. The first-order valence-corrected chi connectivity index (χ1v) is 8.00. The first-order chi connectivity index (χ1) is 11.2. The van der Waals surface area contributed by atoms with Crippen molar-refractivity contribution in [3.63, 3.8) is 0 Å². The molecule has 2 rings (SSSR count). The average Bonchev–Trinajstić information content (AvgIpc) is 2.60. The van der Waals surface area contributed by atoms with Gasteiger partial charge >= 0.3 is 0 Å². The maximum absolute atomic E-state index is 11.8. The molecule has 0 spiro atoms. The second kappa shape index (κ2) is 8.95. The van der Waals surface area contributed by atoms with Crippen LogP contribution in [0.5, 0.6) is 5.75 Å². The number of carbonyl (C=O) groups is 1. The van der Waals surface area contributed by atoms with Crippen LogP contribution in [0.25, 0.3) is 0 Å². The summed E-state index contributed by atoms with van der Waals surface area (Å²) in [7, 11) is 0. The van der Waals surface area contributed by atoms with E-state index in [0.29, 0.717) is 30.2 Å². The van der Waals surface area contributed by atoms with Crippen LogP contribution >= 0.6 is 12.6 Å². The Morgan fingerprint density at radius 3 is 2.13 bits per heavy atom. The molecule has 0 saturated heterocycles. The van der Waals surface area contributed by atoms with Crippen molar-refractivity contribution < 1.29 is 9.53 Å². The van der Waals surface area contributed by atoms with Gasteiger partial charge in [-0.25, -0.2) is 0 Å². The molecule has 0 radical (unpaired) electrons. The topological polar surface area (TPSA) is 63.1 Å². The van der Waals surface area contributed by atoms with Crippen LogP contribution < -0.4 is 10.1 Å². The van der Waals surface area contributed by atoms with Gasteiger partial charge in [0.25, 0.3) is 5.91 Å². The summed E-state index contributed by atoms with van der Waals surface area (Å²) in [5.41, 5.74) is 2.01. The van der Waals surface area contributed by atoms with Gasteiger partial charge in [0.05, 0.1) is 18.0 Å². The van der Waals surface area contributed by atoms with Gasteiger partial charge in [0.2, 0.25) is 0 Å². The molecular formula is C17H19N3O2S. The van der Waals surface area contributed by atoms with Gasteiger partial charge in [0.15, 0.2) is 0 Å². The number of azo groups is 1. The minimum Gasteiger partial charge on any atom is -0.494 e. The number of carbonyl (C=O) groups excluding carboxylic acids is 1. The number of nitrogens with one attached hydrogen (secondary N) is 1. The zero-order chi connectivity index (χ0) is 16.5. The Morgan fingerprint density at radius 1 is 1.04 bits per heavy atom. The third kappa shape index (κ3) is 5.41. The maximum Gasteiger partial charge on any atom is 0.251 e. The van der Waals surface area contributed by atoms with Crippen LogP contribution in [0.3, 0.4) is 0 Å². The van der Waals surface area contributed by atoms with Gasteiger partial charge < -0.3 is 10.1 Å². The van der Waals surface area contributed by atoms with E-state index in [4.69, 9.17) is 4.74 Å². The van der Waals surface area contributed by atoms with Crippen molar-refractivity contribution in [1.29, 1.82) is 0 Å². The molecule has 1 amide bonds. The van der Waals surface area contributed by atoms with Crippen molar-refractivity contribution >= 4 is 29.9 Å². The fraction of sp³-hybridized carbons (Fsp3) is 0.235. The summed E-state index contributed by atoms with van der Waals surface area (Å²) in [5, 5.41) is 11.1. The van der Waals surface area contributed by atoms with Crippen LogP contribution in [0.2, 0.25) is 0 Å². The van der Waals surface area contributed by atoms with Crippen molar-refractivity contribution in [2.75, 3.05) is 18.9 Å². The quantitative estimate of drug-likeness (QED) is 0.592. The van der Waals surface area contributed by atoms with Gasteiger partial charge in [-0.05, 0) is 55.5 Å². The molecule has 0 aliphatic rings. The van der Waals surface area contributed by atoms with Crippen molar-refractivity contribution in [2.24, 2.45) is 10.2 Å². The zero-order valence-corrected chi connectivity index (χ0v) is 13.8. The van der Waals surface area contributed by atoms with E-state index in [-0.39, 0.29) is 5.91 Å². The van der Waals surface area contributed by atoms with Gasteiger partial charge in [-0.2, -0.15) is 22.9 Å². The summed E-state index contributed by atoms with van der Waals surface area (Å²) in [6.07, 6.45) is 0. The molecule has 0 atom stereocenters. The monoisotopic (exact) mass is 329 g/mol. The van der Waals surface area contributed by atoms with E-state index < -0.39 is 0 Å². The Kier molecular flexibility index (Phi) is 6.62. The molecule has 1 N–H and O–H groups in total. The average molecular weight is 329 g/mol. The highest BCUT2D eigenvalue weighted by Gasteiger charge is 2.03. The Labute approximate surface area is 141 Å². The zero-order valence-electron chi connectivity index (χ0n) is 12.9. The van der Waals surface area contributed by atoms with Gasteiger partial charge in [-0.15, -0.1) is 0 Å². The summed E-state index contributed by atoms with van der Waals surface area (Å²) < 4.78 is 5.37. The smallest absolute Gasteiger partial charge is 0.251 e.